The van der Waals surface area contributed by atoms with Crippen molar-refractivity contribution in [3.8, 4) is 11.4 Å². The third kappa shape index (κ3) is 5.26. The third-order valence-corrected chi connectivity index (χ3v) is 6.55. The molecule has 0 bridgehead atoms. The summed E-state index contributed by atoms with van der Waals surface area (Å²) in [5.74, 6) is 0.217. The van der Waals surface area contributed by atoms with Gasteiger partial charge in [0, 0.05) is 36.8 Å². The van der Waals surface area contributed by atoms with Crippen LogP contribution in [0.5, 0.6) is 0 Å². The summed E-state index contributed by atoms with van der Waals surface area (Å²) in [7, 11) is 0. The van der Waals surface area contributed by atoms with Gasteiger partial charge in [-0.2, -0.15) is 8.78 Å². The second-order valence-electron chi connectivity index (χ2n) is 8.66. The fourth-order valence-electron chi connectivity index (χ4n) is 4.85. The fraction of sp³-hybridized carbons (Fsp3) is 0.400. The van der Waals surface area contributed by atoms with Crippen LogP contribution in [-0.4, -0.2) is 64.3 Å². The highest BCUT2D eigenvalue weighted by Crippen LogP contribution is 2.33. The number of piperidine rings is 1. The largest absolute Gasteiger partial charge is 0.483 e. The summed E-state index contributed by atoms with van der Waals surface area (Å²) in [4.78, 5) is 29.3. The highest BCUT2D eigenvalue weighted by Gasteiger charge is 2.33. The van der Waals surface area contributed by atoms with Gasteiger partial charge in [0.15, 0.2) is 0 Å². The molecule has 186 valence electrons. The zero-order valence-corrected chi connectivity index (χ0v) is 19.1. The van der Waals surface area contributed by atoms with Crippen LogP contribution in [0.1, 0.15) is 25.8 Å². The molecule has 2 aliphatic rings. The molecule has 2 fully saturated rings. The molecule has 0 aliphatic carbocycles. The van der Waals surface area contributed by atoms with Crippen molar-refractivity contribution >= 4 is 29.1 Å². The van der Waals surface area contributed by atoms with E-state index in [1.54, 1.807) is 35.2 Å². The number of carbonyl (C=O) groups is 2. The number of hydrogen-bond acceptors (Lipinski definition) is 4. The van der Waals surface area contributed by atoms with Gasteiger partial charge in [0.05, 0.1) is 17.6 Å². The van der Waals surface area contributed by atoms with E-state index in [-0.39, 0.29) is 30.7 Å². The number of benzene rings is 2. The Balaban J connectivity index is 0.000000917. The van der Waals surface area contributed by atoms with E-state index in [9.17, 15) is 18.0 Å². The molecule has 3 aromatic rings. The number of anilines is 1. The van der Waals surface area contributed by atoms with Gasteiger partial charge in [-0.15, -0.1) is 0 Å². The van der Waals surface area contributed by atoms with E-state index in [2.05, 4.69) is 9.88 Å². The Bertz CT molecular complexity index is 1180. The zero-order valence-electron chi connectivity index (χ0n) is 19.1. The Hall–Kier alpha value is -3.56. The molecule has 7 nitrogen and oxygen atoms in total. The monoisotopic (exact) mass is 488 g/mol. The molecule has 2 aliphatic heterocycles. The maximum atomic E-state index is 13.9. The molecule has 0 saturated carbocycles. The minimum absolute atomic E-state index is 0.0594. The van der Waals surface area contributed by atoms with E-state index >= 15 is 0 Å². The Morgan fingerprint density at radius 3 is 2.43 bits per heavy atom. The molecule has 0 radical (unpaired) electrons. The van der Waals surface area contributed by atoms with Gasteiger partial charge in [-0.3, -0.25) is 14.2 Å². The van der Waals surface area contributed by atoms with E-state index < -0.39 is 12.7 Å². The predicted octanol–water partition coefficient (Wildman–Crippen LogP) is 4.59. The average Bonchev–Trinajstić information content (AvgIpc) is 3.48. The molecule has 1 aromatic heterocycles. The van der Waals surface area contributed by atoms with Crippen LogP contribution in [-0.2, 0) is 9.59 Å². The maximum absolute atomic E-state index is 13.9. The van der Waals surface area contributed by atoms with Gasteiger partial charge in [-0.1, -0.05) is 24.3 Å². The van der Waals surface area contributed by atoms with Gasteiger partial charge in [0.25, 0.3) is 6.47 Å². The first-order chi connectivity index (χ1) is 16.9. The minimum atomic E-state index is -2.70. The van der Waals surface area contributed by atoms with Crippen LogP contribution in [0, 0.1) is 5.92 Å². The van der Waals surface area contributed by atoms with Gasteiger partial charge >= 0.3 is 6.55 Å². The van der Waals surface area contributed by atoms with Crippen LogP contribution < -0.4 is 4.90 Å². The van der Waals surface area contributed by atoms with Crippen molar-refractivity contribution in [1.29, 1.82) is 0 Å². The smallest absolute Gasteiger partial charge is 0.320 e. The molecule has 2 aromatic carbocycles. The molecule has 1 N–H and O–H groups in total. The van der Waals surface area contributed by atoms with E-state index in [0.29, 0.717) is 55.5 Å². The van der Waals surface area contributed by atoms with E-state index in [4.69, 9.17) is 9.90 Å². The lowest BCUT2D eigenvalue weighted by Crippen LogP contribution is -2.42. The van der Waals surface area contributed by atoms with Gasteiger partial charge in [0.1, 0.15) is 12.0 Å². The van der Waals surface area contributed by atoms with Gasteiger partial charge in [-0.25, -0.2) is 9.37 Å². The van der Waals surface area contributed by atoms with Gasteiger partial charge < -0.3 is 14.9 Å². The van der Waals surface area contributed by atoms with Crippen LogP contribution in [0.3, 0.4) is 0 Å². The van der Waals surface area contributed by atoms with Crippen molar-refractivity contribution in [1.82, 2.24) is 14.5 Å². The zero-order chi connectivity index (χ0) is 24.9. The SMILES string of the molecule is O=C(C1CCN(c2cccc(-c3nc4ccccc4n3C(F)F)c2)CC1)N1CC[C@H](F)C1.O=CO. The number of para-hydroxylation sites is 2. The number of alkyl halides is 3. The summed E-state index contributed by atoms with van der Waals surface area (Å²) in [6, 6.07) is 14.4. The van der Waals surface area contributed by atoms with Crippen molar-refractivity contribution in [2.75, 3.05) is 31.1 Å². The number of halogens is 3. The second kappa shape index (κ2) is 10.8. The third-order valence-electron chi connectivity index (χ3n) is 6.55. The Labute approximate surface area is 200 Å². The number of amides is 1. The summed E-state index contributed by atoms with van der Waals surface area (Å²) in [6.45, 7) is -0.840. The van der Waals surface area contributed by atoms with Crippen LogP contribution in [0.15, 0.2) is 48.5 Å². The number of imidazole rings is 1. The maximum Gasteiger partial charge on any atom is 0.320 e. The fourth-order valence-corrected chi connectivity index (χ4v) is 4.85. The highest BCUT2D eigenvalue weighted by atomic mass is 19.3. The molecule has 10 heteroatoms. The molecular weight excluding hydrogens is 461 g/mol. The van der Waals surface area contributed by atoms with Crippen LogP contribution in [0.25, 0.3) is 22.4 Å². The van der Waals surface area contributed by atoms with Crippen LogP contribution in [0.2, 0.25) is 0 Å². The quantitative estimate of drug-likeness (QED) is 0.544. The van der Waals surface area contributed by atoms with Crippen molar-refractivity contribution in [2.45, 2.75) is 32.0 Å². The molecule has 1 atom stereocenters. The van der Waals surface area contributed by atoms with Crippen LogP contribution in [0.4, 0.5) is 18.9 Å². The Morgan fingerprint density at radius 1 is 1.06 bits per heavy atom. The van der Waals surface area contributed by atoms with E-state index in [0.717, 1.165) is 10.3 Å². The molecule has 5 rings (SSSR count). The number of rotatable bonds is 4. The summed E-state index contributed by atoms with van der Waals surface area (Å²) < 4.78 is 42.1. The molecule has 3 heterocycles. The van der Waals surface area contributed by atoms with E-state index in [1.807, 2.05) is 18.2 Å². The summed E-state index contributed by atoms with van der Waals surface area (Å²) in [6.07, 6.45) is 0.929. The number of fused-ring (bicyclic) bond motifs is 1. The van der Waals surface area contributed by atoms with Crippen LogP contribution >= 0.6 is 0 Å². The predicted molar refractivity (Wildman–Crippen MR) is 126 cm³/mol. The number of carbonyl (C=O) groups excluding carboxylic acids is 1. The Kier molecular flexibility index (Phi) is 7.57. The number of carboxylic acid groups (broad SMARTS) is 1. The molecule has 1 amide bonds. The first-order valence-corrected chi connectivity index (χ1v) is 11.5. The van der Waals surface area contributed by atoms with Crippen molar-refractivity contribution < 1.29 is 27.9 Å². The van der Waals surface area contributed by atoms with Crippen molar-refractivity contribution in [3.05, 3.63) is 48.5 Å². The normalized spacial score (nSPS) is 18.6. The molecule has 0 spiro atoms. The number of aromatic nitrogens is 2. The van der Waals surface area contributed by atoms with E-state index in [1.165, 1.54) is 0 Å². The topological polar surface area (TPSA) is 78.7 Å². The number of hydrogen-bond donors (Lipinski definition) is 1. The lowest BCUT2D eigenvalue weighted by Gasteiger charge is -2.34. The van der Waals surface area contributed by atoms with Gasteiger partial charge in [-0.05, 0) is 43.5 Å². The molecule has 0 unspecified atom stereocenters. The first-order valence-electron chi connectivity index (χ1n) is 11.5. The lowest BCUT2D eigenvalue weighted by atomic mass is 9.95. The molecule has 2 saturated heterocycles. The second-order valence-corrected chi connectivity index (χ2v) is 8.66. The van der Waals surface area contributed by atoms with Gasteiger partial charge in [0.2, 0.25) is 5.91 Å². The lowest BCUT2D eigenvalue weighted by molar-refractivity contribution is -0.135. The molecule has 35 heavy (non-hydrogen) atoms. The summed E-state index contributed by atoms with van der Waals surface area (Å²) in [5, 5.41) is 6.89. The summed E-state index contributed by atoms with van der Waals surface area (Å²) >= 11 is 0. The van der Waals surface area contributed by atoms with Crippen molar-refractivity contribution in [2.24, 2.45) is 5.92 Å². The average molecular weight is 489 g/mol. The standard InChI is InChI=1S/C24H25F3N4O.CH2O2/c25-18-10-13-30(15-18)23(32)16-8-11-29(12-9-16)19-5-3-4-17(14-19)22-28-20-6-1-2-7-21(20)31(22)24(26)27;2-1-3/h1-7,14,16,18,24H,8-13,15H2;1H,(H,2,3)/t18-;/m0./s1. The minimum Gasteiger partial charge on any atom is -0.483 e. The first kappa shape index (κ1) is 24.6. The number of nitrogens with zero attached hydrogens (tertiary/aromatic N) is 4. The number of likely N-dealkylation sites (tertiary alicyclic amines) is 1. The molecular formula is C25H27F3N4O3. The van der Waals surface area contributed by atoms with Crippen molar-refractivity contribution in [3.63, 3.8) is 0 Å². The highest BCUT2D eigenvalue weighted by molar-refractivity contribution is 5.82. The summed E-state index contributed by atoms with van der Waals surface area (Å²) in [5.41, 5.74) is 2.49. The Morgan fingerprint density at radius 2 is 1.77 bits per heavy atom.